The monoisotopic (exact) mass is 82.1 g/mol. The molecule has 0 bridgehead atoms. The molecule has 0 aliphatic heterocycles. The van der Waals surface area contributed by atoms with Crippen molar-refractivity contribution in [3.63, 3.8) is 0 Å². The van der Waals surface area contributed by atoms with E-state index in [2.05, 4.69) is 20.8 Å². The van der Waals surface area contributed by atoms with Crippen molar-refractivity contribution in [3.8, 4) is 0 Å². The number of hydrogen-bond acceptors (Lipinski definition) is 0. The fourth-order valence-electron chi connectivity index (χ4n) is 0. The molecular formula is C4H11Na. The Morgan fingerprint density at radius 2 is 1.00 bits per heavy atom. The second-order valence-corrected chi connectivity index (χ2v) is 1.73. The molecule has 0 aromatic carbocycles. The first-order valence-electron chi connectivity index (χ1n) is 1.73. The fourth-order valence-corrected chi connectivity index (χ4v) is 0. The van der Waals surface area contributed by atoms with Gasteiger partial charge in [-0.05, 0) is 5.92 Å². The van der Waals surface area contributed by atoms with E-state index in [4.69, 9.17) is 0 Å². The Hall–Kier alpha value is 1.00. The molecule has 0 N–H and O–H groups in total. The Labute approximate surface area is 56.2 Å². The van der Waals surface area contributed by atoms with Crippen LogP contribution in [0.25, 0.3) is 0 Å². The van der Waals surface area contributed by atoms with Gasteiger partial charge < -0.3 is 0 Å². The zero-order valence-electron chi connectivity index (χ0n) is 3.58. The quantitative estimate of drug-likeness (QED) is 0.383. The Balaban J connectivity index is 0. The first-order chi connectivity index (χ1) is 1.73. The van der Waals surface area contributed by atoms with E-state index in [1.807, 2.05) is 0 Å². The molecule has 0 saturated heterocycles. The molecule has 0 heterocycles. The third-order valence-corrected chi connectivity index (χ3v) is 0. The van der Waals surface area contributed by atoms with Crippen LogP contribution >= 0.6 is 0 Å². The van der Waals surface area contributed by atoms with E-state index >= 15 is 0 Å². The van der Waals surface area contributed by atoms with Gasteiger partial charge in [0.2, 0.25) is 0 Å². The topological polar surface area (TPSA) is 0 Å². The minimum atomic E-state index is 0. The maximum absolute atomic E-state index is 2.17. The van der Waals surface area contributed by atoms with E-state index < -0.39 is 0 Å². The summed E-state index contributed by atoms with van der Waals surface area (Å²) >= 11 is 0. The maximum atomic E-state index is 2.17. The van der Waals surface area contributed by atoms with E-state index in [1.165, 1.54) is 0 Å². The third kappa shape index (κ3) is 45.0. The Morgan fingerprint density at radius 3 is 1.00 bits per heavy atom. The molecule has 0 amide bonds. The summed E-state index contributed by atoms with van der Waals surface area (Å²) in [6.07, 6.45) is 0. The van der Waals surface area contributed by atoms with Gasteiger partial charge >= 0.3 is 29.6 Å². The summed E-state index contributed by atoms with van der Waals surface area (Å²) in [6.45, 7) is 6.50. The van der Waals surface area contributed by atoms with Crippen molar-refractivity contribution < 1.29 is 0 Å². The van der Waals surface area contributed by atoms with Crippen LogP contribution in [0.4, 0.5) is 0 Å². The summed E-state index contributed by atoms with van der Waals surface area (Å²) < 4.78 is 0. The van der Waals surface area contributed by atoms with Crippen LogP contribution in [0.3, 0.4) is 0 Å². The molecule has 1 heteroatoms. The van der Waals surface area contributed by atoms with Gasteiger partial charge in [-0.25, -0.2) is 0 Å². The zero-order chi connectivity index (χ0) is 3.58. The predicted octanol–water partition coefficient (Wildman–Crippen LogP) is 1.01. The van der Waals surface area contributed by atoms with Crippen LogP contribution in [0, 0.1) is 5.92 Å². The van der Waals surface area contributed by atoms with Crippen molar-refractivity contribution in [1.29, 1.82) is 0 Å². The Morgan fingerprint density at radius 1 is 1.00 bits per heavy atom. The van der Waals surface area contributed by atoms with E-state index in [1.54, 1.807) is 0 Å². The van der Waals surface area contributed by atoms with Crippen LogP contribution in [0.1, 0.15) is 20.8 Å². The van der Waals surface area contributed by atoms with Crippen molar-refractivity contribution in [2.45, 2.75) is 20.8 Å². The summed E-state index contributed by atoms with van der Waals surface area (Å²) in [5, 5.41) is 0. The average Bonchev–Trinajstić information content (AvgIpc) is 0.811. The molecule has 0 saturated carbocycles. The van der Waals surface area contributed by atoms with E-state index in [9.17, 15) is 0 Å². The van der Waals surface area contributed by atoms with Gasteiger partial charge in [0.05, 0.1) is 0 Å². The Bertz CT molecular complexity index is 8.36. The van der Waals surface area contributed by atoms with Crippen molar-refractivity contribution in [2.75, 3.05) is 0 Å². The van der Waals surface area contributed by atoms with Gasteiger partial charge in [-0.1, -0.05) is 20.8 Å². The molecule has 5 heavy (non-hydrogen) atoms. The minimum absolute atomic E-state index is 0. The van der Waals surface area contributed by atoms with Crippen LogP contribution in [-0.2, 0) is 0 Å². The molecular weight excluding hydrogens is 71.0 g/mol. The molecule has 28 valence electrons. The molecule has 0 aromatic rings. The van der Waals surface area contributed by atoms with E-state index in [-0.39, 0.29) is 29.6 Å². The summed E-state index contributed by atoms with van der Waals surface area (Å²) in [5.41, 5.74) is 0. The molecule has 0 nitrogen and oxygen atoms in total. The van der Waals surface area contributed by atoms with Crippen LogP contribution in [0.15, 0.2) is 0 Å². The number of rotatable bonds is 0. The predicted molar refractivity (Wildman–Crippen MR) is 27.7 cm³/mol. The van der Waals surface area contributed by atoms with Crippen LogP contribution in [0.2, 0.25) is 0 Å². The van der Waals surface area contributed by atoms with Crippen LogP contribution < -0.4 is 0 Å². The first kappa shape index (κ1) is 9.38. The molecule has 0 aromatic heterocycles. The summed E-state index contributed by atoms with van der Waals surface area (Å²) in [6, 6.07) is 0. The second-order valence-electron chi connectivity index (χ2n) is 1.73. The first-order valence-corrected chi connectivity index (χ1v) is 1.73. The number of hydrogen-bond donors (Lipinski definition) is 0. The van der Waals surface area contributed by atoms with Gasteiger partial charge in [0.15, 0.2) is 0 Å². The van der Waals surface area contributed by atoms with Gasteiger partial charge in [0.1, 0.15) is 0 Å². The molecule has 0 radical (unpaired) electrons. The summed E-state index contributed by atoms with van der Waals surface area (Å²) in [4.78, 5) is 0. The average molecular weight is 82.1 g/mol. The van der Waals surface area contributed by atoms with E-state index in [0.29, 0.717) is 0 Å². The summed E-state index contributed by atoms with van der Waals surface area (Å²) in [7, 11) is 0. The normalized spacial score (nSPS) is 7.20. The molecule has 0 fully saturated rings. The SMILES string of the molecule is CC(C)C.[NaH]. The van der Waals surface area contributed by atoms with Gasteiger partial charge in [0, 0.05) is 0 Å². The van der Waals surface area contributed by atoms with Gasteiger partial charge in [-0.3, -0.25) is 0 Å². The molecule has 0 unspecified atom stereocenters. The van der Waals surface area contributed by atoms with Gasteiger partial charge in [-0.15, -0.1) is 0 Å². The summed E-state index contributed by atoms with van der Waals surface area (Å²) in [5.74, 6) is 0.833. The standard InChI is InChI=1S/C4H10.Na.H/c1-4(2)3;;/h4H,1-3H3;;. The van der Waals surface area contributed by atoms with Gasteiger partial charge in [-0.2, -0.15) is 0 Å². The van der Waals surface area contributed by atoms with Crippen molar-refractivity contribution >= 4 is 29.6 Å². The third-order valence-electron chi connectivity index (χ3n) is 0. The Kier molecular flexibility index (Phi) is 9.38. The molecule has 0 aliphatic rings. The second kappa shape index (κ2) is 5.00. The zero-order valence-corrected chi connectivity index (χ0v) is 3.58. The molecule has 0 spiro atoms. The molecule has 0 atom stereocenters. The van der Waals surface area contributed by atoms with Crippen molar-refractivity contribution in [3.05, 3.63) is 0 Å². The van der Waals surface area contributed by atoms with Gasteiger partial charge in [0.25, 0.3) is 0 Å². The van der Waals surface area contributed by atoms with E-state index in [0.717, 1.165) is 5.92 Å². The molecule has 0 rings (SSSR count). The molecule has 0 aliphatic carbocycles. The van der Waals surface area contributed by atoms with Crippen molar-refractivity contribution in [1.82, 2.24) is 0 Å². The van der Waals surface area contributed by atoms with Crippen molar-refractivity contribution in [2.24, 2.45) is 5.92 Å². The fraction of sp³-hybridized carbons (Fsp3) is 1.00. The van der Waals surface area contributed by atoms with Crippen LogP contribution in [0.5, 0.6) is 0 Å². The van der Waals surface area contributed by atoms with Crippen LogP contribution in [-0.4, -0.2) is 29.6 Å².